The van der Waals surface area contributed by atoms with E-state index in [0.717, 1.165) is 22.0 Å². The maximum atomic E-state index is 6.14. The molecule has 0 radical (unpaired) electrons. The monoisotopic (exact) mass is 301 g/mol. The zero-order valence-electron chi connectivity index (χ0n) is 9.47. The average molecular weight is 303 g/mol. The summed E-state index contributed by atoms with van der Waals surface area (Å²) in [5, 5.41) is 4.43. The Hall–Kier alpha value is -0.0500. The molecule has 0 heterocycles. The van der Waals surface area contributed by atoms with Gasteiger partial charge in [0.2, 0.25) is 0 Å². The van der Waals surface area contributed by atoms with Crippen LogP contribution in [0.5, 0.6) is 0 Å². The molecule has 1 N–H and O–H groups in total. The highest BCUT2D eigenvalue weighted by molar-refractivity contribution is 9.10. The smallest absolute Gasteiger partial charge is 0.0551 e. The summed E-state index contributed by atoms with van der Waals surface area (Å²) in [7, 11) is 0. The van der Waals surface area contributed by atoms with E-state index in [9.17, 15) is 0 Å². The van der Waals surface area contributed by atoms with Crippen LogP contribution in [0.15, 0.2) is 22.7 Å². The number of halogens is 2. The molecule has 0 aromatic heterocycles. The van der Waals surface area contributed by atoms with Crippen molar-refractivity contribution in [1.29, 1.82) is 0 Å². The van der Waals surface area contributed by atoms with Crippen LogP contribution in [-0.2, 0) is 0 Å². The van der Waals surface area contributed by atoms with Crippen molar-refractivity contribution in [3.05, 3.63) is 33.3 Å². The highest BCUT2D eigenvalue weighted by Crippen LogP contribution is 2.42. The van der Waals surface area contributed by atoms with Crippen molar-refractivity contribution < 1.29 is 0 Å². The van der Waals surface area contributed by atoms with Crippen molar-refractivity contribution >= 4 is 27.5 Å². The van der Waals surface area contributed by atoms with E-state index in [2.05, 4.69) is 40.3 Å². The van der Waals surface area contributed by atoms with Crippen LogP contribution < -0.4 is 5.32 Å². The molecular weight excluding hydrogens is 286 g/mol. The number of nitrogens with one attached hydrogen (secondary N) is 1. The Balaban J connectivity index is 2.14. The number of benzene rings is 1. The van der Waals surface area contributed by atoms with Gasteiger partial charge in [-0.15, -0.1) is 0 Å². The Morgan fingerprint density at radius 1 is 1.50 bits per heavy atom. The van der Waals surface area contributed by atoms with Gasteiger partial charge in [0.1, 0.15) is 0 Å². The van der Waals surface area contributed by atoms with Gasteiger partial charge in [-0.1, -0.05) is 24.6 Å². The molecule has 0 spiro atoms. The molecule has 0 bridgehead atoms. The van der Waals surface area contributed by atoms with Gasteiger partial charge in [-0.05, 0) is 65.4 Å². The zero-order valence-corrected chi connectivity index (χ0v) is 11.8. The third kappa shape index (κ3) is 2.99. The van der Waals surface area contributed by atoms with Crippen LogP contribution in [0.4, 0.5) is 0 Å². The molecule has 1 atom stereocenters. The Labute approximate surface area is 111 Å². The van der Waals surface area contributed by atoms with Crippen LogP contribution in [0.2, 0.25) is 5.02 Å². The third-order valence-corrected chi connectivity index (χ3v) is 4.24. The van der Waals surface area contributed by atoms with Crippen molar-refractivity contribution in [2.45, 2.75) is 32.2 Å². The van der Waals surface area contributed by atoms with E-state index < -0.39 is 0 Å². The molecule has 16 heavy (non-hydrogen) atoms. The van der Waals surface area contributed by atoms with E-state index in [-0.39, 0.29) is 0 Å². The number of rotatable bonds is 5. The summed E-state index contributed by atoms with van der Waals surface area (Å²) >= 11 is 9.57. The summed E-state index contributed by atoms with van der Waals surface area (Å²) in [4.78, 5) is 0. The minimum Gasteiger partial charge on any atom is -0.310 e. The van der Waals surface area contributed by atoms with E-state index in [4.69, 9.17) is 11.6 Å². The number of hydrogen-bond acceptors (Lipinski definition) is 1. The first kappa shape index (κ1) is 12.4. The molecule has 1 saturated carbocycles. The van der Waals surface area contributed by atoms with E-state index in [1.807, 2.05) is 6.07 Å². The molecule has 1 nitrogen and oxygen atoms in total. The predicted molar refractivity (Wildman–Crippen MR) is 72.9 cm³/mol. The second kappa shape index (κ2) is 5.52. The quantitative estimate of drug-likeness (QED) is 0.841. The van der Waals surface area contributed by atoms with Gasteiger partial charge in [0.25, 0.3) is 0 Å². The maximum Gasteiger partial charge on any atom is 0.0551 e. The summed E-state index contributed by atoms with van der Waals surface area (Å²) in [5.41, 5.74) is 1.32. The molecule has 1 unspecified atom stereocenters. The molecule has 88 valence electrons. The van der Waals surface area contributed by atoms with Gasteiger partial charge in [0.05, 0.1) is 5.02 Å². The molecule has 3 heteroatoms. The van der Waals surface area contributed by atoms with Crippen molar-refractivity contribution in [1.82, 2.24) is 5.32 Å². The minimum absolute atomic E-state index is 0.491. The second-order valence-electron chi connectivity index (χ2n) is 4.44. The van der Waals surface area contributed by atoms with Gasteiger partial charge >= 0.3 is 0 Å². The van der Waals surface area contributed by atoms with Crippen molar-refractivity contribution in [2.24, 2.45) is 5.92 Å². The second-order valence-corrected chi connectivity index (χ2v) is 5.70. The van der Waals surface area contributed by atoms with Gasteiger partial charge in [0.15, 0.2) is 0 Å². The molecule has 0 amide bonds. The van der Waals surface area contributed by atoms with Gasteiger partial charge in [-0.25, -0.2) is 0 Å². The van der Waals surface area contributed by atoms with Gasteiger partial charge in [0, 0.05) is 10.5 Å². The van der Waals surface area contributed by atoms with E-state index in [1.54, 1.807) is 0 Å². The predicted octanol–water partition coefficient (Wildman–Crippen LogP) is 4.55. The summed E-state index contributed by atoms with van der Waals surface area (Å²) in [6.07, 6.45) is 3.86. The first-order chi connectivity index (χ1) is 7.72. The summed E-state index contributed by atoms with van der Waals surface area (Å²) in [5.74, 6) is 0.809. The van der Waals surface area contributed by atoms with Crippen molar-refractivity contribution in [3.8, 4) is 0 Å². The normalized spacial score (nSPS) is 17.4. The largest absolute Gasteiger partial charge is 0.310 e. The molecule has 0 saturated heterocycles. The topological polar surface area (TPSA) is 12.0 Å². The highest BCUT2D eigenvalue weighted by Gasteiger charge is 2.31. The lowest BCUT2D eigenvalue weighted by molar-refractivity contribution is 0.481. The fourth-order valence-corrected chi connectivity index (χ4v) is 2.43. The van der Waals surface area contributed by atoms with E-state index in [0.29, 0.717) is 6.04 Å². The lowest BCUT2D eigenvalue weighted by atomic mass is 10.0. The SMILES string of the molecule is CCCNC(c1ccc(Br)c(Cl)c1)C1CC1. The average Bonchev–Trinajstić information content (AvgIpc) is 3.08. The summed E-state index contributed by atoms with van der Waals surface area (Å²) in [6.45, 7) is 3.28. The van der Waals surface area contributed by atoms with Crippen molar-refractivity contribution in [3.63, 3.8) is 0 Å². The molecule has 1 aliphatic rings. The molecule has 1 aromatic rings. The van der Waals surface area contributed by atoms with Crippen molar-refractivity contribution in [2.75, 3.05) is 6.54 Å². The molecule has 1 aromatic carbocycles. The fraction of sp³-hybridized carbons (Fsp3) is 0.538. The Morgan fingerprint density at radius 2 is 2.25 bits per heavy atom. The first-order valence-electron chi connectivity index (χ1n) is 5.90. The fourth-order valence-electron chi connectivity index (χ4n) is 1.99. The highest BCUT2D eigenvalue weighted by atomic mass is 79.9. The van der Waals surface area contributed by atoms with Crippen LogP contribution in [0, 0.1) is 5.92 Å². The van der Waals surface area contributed by atoms with Gasteiger partial charge < -0.3 is 5.32 Å². The molecule has 1 aliphatic carbocycles. The first-order valence-corrected chi connectivity index (χ1v) is 7.07. The van der Waals surface area contributed by atoms with Gasteiger partial charge in [-0.3, -0.25) is 0 Å². The van der Waals surface area contributed by atoms with E-state index in [1.165, 1.54) is 24.8 Å². The lowest BCUT2D eigenvalue weighted by Crippen LogP contribution is -2.23. The third-order valence-electron chi connectivity index (χ3n) is 3.01. The molecule has 0 aliphatic heterocycles. The van der Waals surface area contributed by atoms with Crippen LogP contribution in [-0.4, -0.2) is 6.54 Å². The minimum atomic E-state index is 0.491. The van der Waals surface area contributed by atoms with Gasteiger partial charge in [-0.2, -0.15) is 0 Å². The molecule has 2 rings (SSSR count). The zero-order chi connectivity index (χ0) is 11.5. The molecular formula is C13H17BrClN. The lowest BCUT2D eigenvalue weighted by Gasteiger charge is -2.19. The Kier molecular flexibility index (Phi) is 4.28. The van der Waals surface area contributed by atoms with E-state index >= 15 is 0 Å². The van der Waals surface area contributed by atoms with Crippen LogP contribution >= 0.6 is 27.5 Å². The van der Waals surface area contributed by atoms with Crippen LogP contribution in [0.3, 0.4) is 0 Å². The maximum absolute atomic E-state index is 6.14. The summed E-state index contributed by atoms with van der Waals surface area (Å²) < 4.78 is 0.975. The number of hydrogen-bond donors (Lipinski definition) is 1. The Bertz CT molecular complexity index is 363. The van der Waals surface area contributed by atoms with Crippen LogP contribution in [0.25, 0.3) is 0 Å². The van der Waals surface area contributed by atoms with Crippen LogP contribution in [0.1, 0.15) is 37.8 Å². The Morgan fingerprint density at radius 3 is 2.81 bits per heavy atom. The summed E-state index contributed by atoms with van der Waals surface area (Å²) in [6, 6.07) is 6.78. The molecule has 1 fully saturated rings. The standard InChI is InChI=1S/C13H17BrClN/c1-2-7-16-13(9-3-4-9)10-5-6-11(14)12(15)8-10/h5-6,8-9,13,16H,2-4,7H2,1H3.